The maximum absolute atomic E-state index is 12.5. The largest absolute Gasteiger partial charge is 0.317 e. The molecule has 1 amide bonds. The van der Waals surface area contributed by atoms with Crippen molar-refractivity contribution < 1.29 is 4.79 Å². The van der Waals surface area contributed by atoms with Crippen molar-refractivity contribution in [3.63, 3.8) is 0 Å². The number of aryl methyl sites for hydroxylation is 2. The number of nitrogens with one attached hydrogen (secondary N) is 2. The van der Waals surface area contributed by atoms with Gasteiger partial charge in [0.1, 0.15) is 0 Å². The molecule has 1 unspecified atom stereocenters. The van der Waals surface area contributed by atoms with Gasteiger partial charge in [-0.05, 0) is 68.3 Å². The number of benzene rings is 1. The number of carbonyl (C=O) groups excluding carboxylic acids is 1. The van der Waals surface area contributed by atoms with E-state index < -0.39 is 0 Å². The van der Waals surface area contributed by atoms with Crippen LogP contribution in [0.2, 0.25) is 0 Å². The zero-order chi connectivity index (χ0) is 17.4. The third kappa shape index (κ3) is 3.48. The molecule has 25 heavy (non-hydrogen) atoms. The summed E-state index contributed by atoms with van der Waals surface area (Å²) in [5, 5.41) is 7.17. The number of nitrogens with zero attached hydrogens (tertiary/aromatic N) is 1. The highest BCUT2D eigenvalue weighted by Crippen LogP contribution is 2.58. The van der Waals surface area contributed by atoms with E-state index in [-0.39, 0.29) is 17.2 Å². The van der Waals surface area contributed by atoms with Crippen molar-refractivity contribution in [3.05, 3.63) is 46.0 Å². The van der Waals surface area contributed by atoms with Crippen LogP contribution in [0, 0.1) is 25.2 Å². The van der Waals surface area contributed by atoms with Gasteiger partial charge in [-0.1, -0.05) is 18.2 Å². The van der Waals surface area contributed by atoms with Gasteiger partial charge in [-0.3, -0.25) is 4.79 Å². The minimum absolute atomic E-state index is 0.161. The topological polar surface area (TPSA) is 54.0 Å². The quantitative estimate of drug-likeness (QED) is 0.880. The molecule has 132 valence electrons. The lowest BCUT2D eigenvalue weighted by molar-refractivity contribution is -0.118. The van der Waals surface area contributed by atoms with Crippen molar-refractivity contribution in [2.45, 2.75) is 39.5 Å². The molecule has 0 radical (unpaired) electrons. The molecule has 1 aromatic carbocycles. The summed E-state index contributed by atoms with van der Waals surface area (Å²) in [6, 6.07) is 6.57. The van der Waals surface area contributed by atoms with Crippen LogP contribution in [0.25, 0.3) is 0 Å². The highest BCUT2D eigenvalue weighted by atomic mass is 32.1. The molecule has 0 bridgehead atoms. The molecular formula is C20H25N3OS. The first-order chi connectivity index (χ1) is 12.1. The van der Waals surface area contributed by atoms with Gasteiger partial charge in [-0.2, -0.15) is 0 Å². The molecule has 1 atom stereocenters. The van der Waals surface area contributed by atoms with Crippen LogP contribution in [0.1, 0.15) is 40.8 Å². The summed E-state index contributed by atoms with van der Waals surface area (Å²) in [6.45, 7) is 6.36. The molecule has 1 aliphatic carbocycles. The van der Waals surface area contributed by atoms with Gasteiger partial charge in [0.25, 0.3) is 0 Å². The number of carbonyl (C=O) groups is 1. The minimum Gasteiger partial charge on any atom is -0.317 e. The first-order valence-corrected chi connectivity index (χ1v) is 9.90. The molecule has 2 fully saturated rings. The Hall–Kier alpha value is -1.72. The van der Waals surface area contributed by atoms with Crippen LogP contribution in [0.15, 0.2) is 24.4 Å². The van der Waals surface area contributed by atoms with Gasteiger partial charge in [0.15, 0.2) is 5.13 Å². The Bertz CT molecular complexity index is 792. The molecular weight excluding hydrogens is 330 g/mol. The maximum Gasteiger partial charge on any atom is 0.229 e. The van der Waals surface area contributed by atoms with Crippen molar-refractivity contribution in [2.24, 2.45) is 11.3 Å². The third-order valence-electron chi connectivity index (χ3n) is 5.84. The Morgan fingerprint density at radius 3 is 2.88 bits per heavy atom. The van der Waals surface area contributed by atoms with E-state index in [1.807, 2.05) is 6.20 Å². The Balaban J connectivity index is 1.37. The maximum atomic E-state index is 12.5. The minimum atomic E-state index is 0.161. The Labute approximate surface area is 153 Å². The molecule has 1 aromatic heterocycles. The van der Waals surface area contributed by atoms with Crippen LogP contribution in [0.5, 0.6) is 0 Å². The molecule has 5 heteroatoms. The van der Waals surface area contributed by atoms with Gasteiger partial charge in [-0.15, -0.1) is 11.3 Å². The van der Waals surface area contributed by atoms with Crippen molar-refractivity contribution in [1.82, 2.24) is 10.3 Å². The van der Waals surface area contributed by atoms with Crippen molar-refractivity contribution >= 4 is 22.4 Å². The van der Waals surface area contributed by atoms with Gasteiger partial charge < -0.3 is 10.6 Å². The summed E-state index contributed by atoms with van der Waals surface area (Å²) >= 11 is 1.59. The predicted octanol–water partition coefficient (Wildman–Crippen LogP) is 3.68. The summed E-state index contributed by atoms with van der Waals surface area (Å²) < 4.78 is 0. The number of rotatable bonds is 4. The average Bonchev–Trinajstić information content (AvgIpc) is 3.10. The van der Waals surface area contributed by atoms with E-state index in [2.05, 4.69) is 47.7 Å². The highest BCUT2D eigenvalue weighted by Gasteiger charge is 2.57. The molecule has 4 nitrogen and oxygen atoms in total. The molecule has 1 aliphatic heterocycles. The predicted molar refractivity (Wildman–Crippen MR) is 102 cm³/mol. The fourth-order valence-electron chi connectivity index (χ4n) is 3.95. The van der Waals surface area contributed by atoms with E-state index >= 15 is 0 Å². The fourth-order valence-corrected chi connectivity index (χ4v) is 4.80. The lowest BCUT2D eigenvalue weighted by Gasteiger charge is -2.22. The van der Waals surface area contributed by atoms with Gasteiger partial charge in [0.05, 0.1) is 0 Å². The van der Waals surface area contributed by atoms with Crippen LogP contribution in [-0.4, -0.2) is 24.0 Å². The van der Waals surface area contributed by atoms with E-state index in [0.717, 1.165) is 43.9 Å². The van der Waals surface area contributed by atoms with Crippen LogP contribution >= 0.6 is 11.3 Å². The lowest BCUT2D eigenvalue weighted by atomic mass is 9.92. The van der Waals surface area contributed by atoms with E-state index in [1.54, 1.807) is 11.3 Å². The average molecular weight is 356 g/mol. The van der Waals surface area contributed by atoms with E-state index in [0.29, 0.717) is 0 Å². The zero-order valence-corrected chi connectivity index (χ0v) is 15.7. The molecule has 4 rings (SSSR count). The van der Waals surface area contributed by atoms with Crippen LogP contribution < -0.4 is 10.6 Å². The van der Waals surface area contributed by atoms with Crippen molar-refractivity contribution in [3.8, 4) is 0 Å². The van der Waals surface area contributed by atoms with Crippen LogP contribution in [-0.2, 0) is 11.2 Å². The molecule has 1 saturated heterocycles. The van der Waals surface area contributed by atoms with Gasteiger partial charge in [0.2, 0.25) is 5.91 Å². The summed E-state index contributed by atoms with van der Waals surface area (Å²) in [6.07, 6.45) is 6.06. The van der Waals surface area contributed by atoms with Crippen LogP contribution in [0.3, 0.4) is 0 Å². The lowest BCUT2D eigenvalue weighted by Crippen LogP contribution is -2.31. The smallest absolute Gasteiger partial charge is 0.229 e. The van der Waals surface area contributed by atoms with E-state index in [4.69, 9.17) is 0 Å². The van der Waals surface area contributed by atoms with Gasteiger partial charge in [-0.25, -0.2) is 4.98 Å². The third-order valence-corrected chi connectivity index (χ3v) is 6.75. The van der Waals surface area contributed by atoms with E-state index in [9.17, 15) is 4.79 Å². The molecule has 2 heterocycles. The SMILES string of the molecule is Cc1ccc(Cc2cnc(NC(=O)C3CC34CCNCC4)s2)cc1C. The molecule has 2 aliphatic rings. The van der Waals surface area contributed by atoms with E-state index in [1.165, 1.54) is 21.6 Å². The Morgan fingerprint density at radius 2 is 2.12 bits per heavy atom. The summed E-state index contributed by atoms with van der Waals surface area (Å²) in [5.41, 5.74) is 4.20. The fraction of sp³-hybridized carbons (Fsp3) is 0.500. The van der Waals surface area contributed by atoms with Crippen LogP contribution in [0.4, 0.5) is 5.13 Å². The highest BCUT2D eigenvalue weighted by molar-refractivity contribution is 7.15. The summed E-state index contributed by atoms with van der Waals surface area (Å²) in [7, 11) is 0. The molecule has 2 N–H and O–H groups in total. The molecule has 1 spiro atoms. The number of amides is 1. The Kier molecular flexibility index (Phi) is 4.38. The molecule has 2 aromatic rings. The number of hydrogen-bond donors (Lipinski definition) is 2. The number of hydrogen-bond acceptors (Lipinski definition) is 4. The standard InChI is InChI=1S/C20H25N3OS/c1-13-3-4-15(9-14(13)2)10-16-12-22-19(25-16)23-18(24)17-11-20(17)5-7-21-8-6-20/h3-4,9,12,17,21H,5-8,10-11H2,1-2H3,(H,22,23,24). The van der Waals surface area contributed by atoms with Crippen molar-refractivity contribution in [2.75, 3.05) is 18.4 Å². The van der Waals surface area contributed by atoms with Gasteiger partial charge >= 0.3 is 0 Å². The summed E-state index contributed by atoms with van der Waals surface area (Å²) in [4.78, 5) is 18.1. The van der Waals surface area contributed by atoms with Crippen molar-refractivity contribution in [1.29, 1.82) is 0 Å². The monoisotopic (exact) mass is 355 g/mol. The number of anilines is 1. The normalized spacial score (nSPS) is 21.3. The second kappa shape index (κ2) is 6.54. The number of piperidine rings is 1. The zero-order valence-electron chi connectivity index (χ0n) is 14.9. The first-order valence-electron chi connectivity index (χ1n) is 9.08. The van der Waals surface area contributed by atoms with Gasteiger partial charge in [0, 0.05) is 23.4 Å². The number of aromatic nitrogens is 1. The second-order valence-electron chi connectivity index (χ2n) is 7.59. The second-order valence-corrected chi connectivity index (χ2v) is 8.70. The molecule has 1 saturated carbocycles. The number of thiazole rings is 1. The Morgan fingerprint density at radius 1 is 1.32 bits per heavy atom. The first kappa shape index (κ1) is 16.7. The summed E-state index contributed by atoms with van der Waals surface area (Å²) in [5.74, 6) is 0.343.